The number of rotatable bonds is 5. The molecule has 0 aromatic carbocycles. The summed E-state index contributed by atoms with van der Waals surface area (Å²) in [6, 6.07) is 1.77. The lowest BCUT2D eigenvalue weighted by atomic mass is 9.72. The van der Waals surface area contributed by atoms with E-state index >= 15 is 0 Å². The summed E-state index contributed by atoms with van der Waals surface area (Å²) in [7, 11) is 0. The molecule has 1 amide bonds. The van der Waals surface area contributed by atoms with Crippen LogP contribution in [0.5, 0.6) is 0 Å². The lowest BCUT2D eigenvalue weighted by Crippen LogP contribution is -2.44. The summed E-state index contributed by atoms with van der Waals surface area (Å²) in [4.78, 5) is 24.1. The number of ether oxygens (including phenoxy) is 1. The first kappa shape index (κ1) is 18.1. The Bertz CT molecular complexity index is 773. The molecule has 1 atom stereocenters. The molecule has 1 N–H and O–H groups in total. The van der Waals surface area contributed by atoms with Gasteiger partial charge < -0.3 is 14.6 Å². The number of amides is 1. The Morgan fingerprint density at radius 3 is 2.93 bits per heavy atom. The van der Waals surface area contributed by atoms with Crippen LogP contribution in [0, 0.1) is 18.3 Å². The van der Waals surface area contributed by atoms with Gasteiger partial charge in [0, 0.05) is 56.7 Å². The van der Waals surface area contributed by atoms with E-state index in [0.717, 1.165) is 43.0 Å². The summed E-state index contributed by atoms with van der Waals surface area (Å²) in [6.45, 7) is 6.08. The highest BCUT2D eigenvalue weighted by atomic mass is 16.5. The van der Waals surface area contributed by atoms with E-state index in [1.54, 1.807) is 12.3 Å². The molecule has 2 aliphatic rings. The van der Waals surface area contributed by atoms with Crippen molar-refractivity contribution >= 4 is 5.91 Å². The average molecular weight is 371 g/mol. The van der Waals surface area contributed by atoms with Crippen LogP contribution >= 0.6 is 0 Å². The summed E-state index contributed by atoms with van der Waals surface area (Å²) in [5, 5.41) is 6.90. The van der Waals surface area contributed by atoms with Gasteiger partial charge >= 0.3 is 0 Å². The predicted molar refractivity (Wildman–Crippen MR) is 96.4 cm³/mol. The minimum absolute atomic E-state index is 0.0383. The smallest absolute Gasteiger partial charge is 0.225 e. The second kappa shape index (κ2) is 7.74. The van der Waals surface area contributed by atoms with Crippen LogP contribution in [0.3, 0.4) is 0 Å². The van der Waals surface area contributed by atoms with Crippen molar-refractivity contribution in [2.75, 3.05) is 26.3 Å². The highest BCUT2D eigenvalue weighted by Crippen LogP contribution is 2.44. The largest absolute Gasteiger partial charge is 0.381 e. The van der Waals surface area contributed by atoms with Gasteiger partial charge in [0.05, 0.1) is 23.9 Å². The number of carbonyl (C=O) groups is 1. The molecule has 8 nitrogen and oxygen atoms in total. The molecule has 2 fully saturated rings. The zero-order valence-corrected chi connectivity index (χ0v) is 15.6. The van der Waals surface area contributed by atoms with E-state index in [-0.39, 0.29) is 17.2 Å². The maximum Gasteiger partial charge on any atom is 0.225 e. The van der Waals surface area contributed by atoms with E-state index in [9.17, 15) is 4.79 Å². The molecule has 144 valence electrons. The first-order chi connectivity index (χ1) is 13.1. The Balaban J connectivity index is 1.46. The third-order valence-corrected chi connectivity index (χ3v) is 5.65. The molecule has 4 rings (SSSR count). The Morgan fingerprint density at radius 2 is 2.19 bits per heavy atom. The van der Waals surface area contributed by atoms with E-state index < -0.39 is 0 Å². The number of likely N-dealkylation sites (tertiary alicyclic amines) is 1. The fourth-order valence-corrected chi connectivity index (χ4v) is 4.29. The molecule has 0 aliphatic carbocycles. The quantitative estimate of drug-likeness (QED) is 0.847. The lowest BCUT2D eigenvalue weighted by molar-refractivity contribution is -0.130. The van der Waals surface area contributed by atoms with Crippen molar-refractivity contribution in [3.63, 3.8) is 0 Å². The van der Waals surface area contributed by atoms with Crippen molar-refractivity contribution in [2.24, 2.45) is 11.3 Å². The number of aromatic nitrogens is 3. The zero-order chi connectivity index (χ0) is 18.7. The standard InChI is InChI=1S/C19H25N5O3/c1-14-8-20-9-16(22-14)11-24-12-17(19(13-24)3-6-26-7-4-19)18(25)21-10-15-2-5-27-23-15/h2,5,8-9,17H,3-4,6-7,10-13H2,1H3,(H,21,25). The molecule has 0 radical (unpaired) electrons. The van der Waals surface area contributed by atoms with Crippen molar-refractivity contribution in [3.05, 3.63) is 41.8 Å². The summed E-state index contributed by atoms with van der Waals surface area (Å²) < 4.78 is 10.4. The third kappa shape index (κ3) is 4.01. The second-order valence-electron chi connectivity index (χ2n) is 7.56. The molecule has 0 saturated carbocycles. The molecule has 1 unspecified atom stereocenters. The summed E-state index contributed by atoms with van der Waals surface area (Å²) in [5.74, 6) is 0.0174. The van der Waals surface area contributed by atoms with Gasteiger partial charge in [-0.05, 0) is 19.8 Å². The summed E-state index contributed by atoms with van der Waals surface area (Å²) >= 11 is 0. The Kier molecular flexibility index (Phi) is 5.18. The van der Waals surface area contributed by atoms with Crippen molar-refractivity contribution in [3.8, 4) is 0 Å². The van der Waals surface area contributed by atoms with Crippen LogP contribution in [0.2, 0.25) is 0 Å². The van der Waals surface area contributed by atoms with Gasteiger partial charge in [0.2, 0.25) is 5.91 Å². The van der Waals surface area contributed by atoms with Crippen LogP contribution in [-0.4, -0.2) is 52.2 Å². The molecule has 2 saturated heterocycles. The maximum absolute atomic E-state index is 13.0. The van der Waals surface area contributed by atoms with Crippen LogP contribution in [0.25, 0.3) is 0 Å². The Morgan fingerprint density at radius 1 is 1.33 bits per heavy atom. The highest BCUT2D eigenvalue weighted by Gasteiger charge is 2.50. The monoisotopic (exact) mass is 371 g/mol. The van der Waals surface area contributed by atoms with Crippen LogP contribution in [0.1, 0.15) is 29.9 Å². The highest BCUT2D eigenvalue weighted by molar-refractivity contribution is 5.80. The van der Waals surface area contributed by atoms with Crippen LogP contribution in [-0.2, 0) is 22.6 Å². The van der Waals surface area contributed by atoms with Crippen LogP contribution < -0.4 is 5.32 Å². The average Bonchev–Trinajstić information content (AvgIpc) is 3.29. The summed E-state index contributed by atoms with van der Waals surface area (Å²) in [5.41, 5.74) is 2.55. The molecular formula is C19H25N5O3. The number of nitrogens with zero attached hydrogens (tertiary/aromatic N) is 4. The summed E-state index contributed by atoms with van der Waals surface area (Å²) in [6.07, 6.45) is 6.90. The van der Waals surface area contributed by atoms with E-state index in [2.05, 4.69) is 25.3 Å². The van der Waals surface area contributed by atoms with Gasteiger partial charge in [-0.1, -0.05) is 5.16 Å². The van der Waals surface area contributed by atoms with Crippen molar-refractivity contribution in [1.82, 2.24) is 25.3 Å². The second-order valence-corrected chi connectivity index (χ2v) is 7.56. The number of aryl methyl sites for hydroxylation is 1. The van der Waals surface area contributed by atoms with Crippen LogP contribution in [0.4, 0.5) is 0 Å². The fourth-order valence-electron chi connectivity index (χ4n) is 4.29. The van der Waals surface area contributed by atoms with Gasteiger partial charge in [-0.25, -0.2) is 0 Å². The third-order valence-electron chi connectivity index (χ3n) is 5.65. The van der Waals surface area contributed by atoms with Crippen LogP contribution in [0.15, 0.2) is 29.2 Å². The SMILES string of the molecule is Cc1cncc(CN2CC(C(=O)NCc3ccon3)C3(CCOCC3)C2)n1. The minimum Gasteiger partial charge on any atom is -0.381 e. The molecule has 1 spiro atoms. The lowest BCUT2D eigenvalue weighted by Gasteiger charge is -2.37. The molecular weight excluding hydrogens is 346 g/mol. The first-order valence-electron chi connectivity index (χ1n) is 9.39. The molecule has 2 aromatic heterocycles. The minimum atomic E-state index is -0.0638. The Hall–Kier alpha value is -2.32. The van der Waals surface area contributed by atoms with Crippen molar-refractivity contribution in [2.45, 2.75) is 32.9 Å². The van der Waals surface area contributed by atoms with Crippen molar-refractivity contribution < 1.29 is 14.1 Å². The first-order valence-corrected chi connectivity index (χ1v) is 9.39. The van der Waals surface area contributed by atoms with Gasteiger partial charge in [-0.3, -0.25) is 19.7 Å². The maximum atomic E-state index is 13.0. The van der Waals surface area contributed by atoms with Gasteiger partial charge in [-0.2, -0.15) is 0 Å². The number of nitrogens with one attached hydrogen (secondary N) is 1. The predicted octanol–water partition coefficient (Wildman–Crippen LogP) is 1.32. The van der Waals surface area contributed by atoms with E-state index in [4.69, 9.17) is 9.26 Å². The Labute approximate surface area is 158 Å². The van der Waals surface area contributed by atoms with E-state index in [0.29, 0.717) is 26.3 Å². The molecule has 2 aromatic rings. The fraction of sp³-hybridized carbons (Fsp3) is 0.579. The zero-order valence-electron chi connectivity index (χ0n) is 15.6. The molecule has 27 heavy (non-hydrogen) atoms. The molecule has 2 aliphatic heterocycles. The van der Waals surface area contributed by atoms with E-state index in [1.165, 1.54) is 6.26 Å². The van der Waals surface area contributed by atoms with E-state index in [1.807, 2.05) is 13.1 Å². The number of hydrogen-bond donors (Lipinski definition) is 1. The van der Waals surface area contributed by atoms with Gasteiger partial charge in [0.1, 0.15) is 12.0 Å². The topological polar surface area (TPSA) is 93.4 Å². The van der Waals surface area contributed by atoms with Crippen molar-refractivity contribution in [1.29, 1.82) is 0 Å². The van der Waals surface area contributed by atoms with Gasteiger partial charge in [-0.15, -0.1) is 0 Å². The number of carbonyl (C=O) groups excluding carboxylic acids is 1. The molecule has 0 bridgehead atoms. The normalized spacial score (nSPS) is 22.2. The van der Waals surface area contributed by atoms with Gasteiger partial charge in [0.15, 0.2) is 0 Å². The molecule has 8 heteroatoms. The van der Waals surface area contributed by atoms with Gasteiger partial charge in [0.25, 0.3) is 0 Å². The molecule has 4 heterocycles. The number of hydrogen-bond acceptors (Lipinski definition) is 7.